The molecule has 0 saturated carbocycles. The summed E-state index contributed by atoms with van der Waals surface area (Å²) in [5.74, 6) is 0.772. The van der Waals surface area contributed by atoms with Gasteiger partial charge in [-0.2, -0.15) is 10.1 Å². The molecule has 1 aromatic heterocycles. The van der Waals surface area contributed by atoms with Crippen LogP contribution in [0.3, 0.4) is 0 Å². The molecule has 110 valence electrons. The lowest BCUT2D eigenvalue weighted by Gasteiger charge is -2.06. The second-order valence-corrected chi connectivity index (χ2v) is 4.39. The van der Waals surface area contributed by atoms with Crippen molar-refractivity contribution >= 4 is 23.3 Å². The Morgan fingerprint density at radius 1 is 1.38 bits per heavy atom. The molecule has 1 amide bonds. The number of methoxy groups -OCH3 is 1. The molecule has 0 bridgehead atoms. The van der Waals surface area contributed by atoms with Gasteiger partial charge in [0.1, 0.15) is 5.56 Å². The second-order valence-electron chi connectivity index (χ2n) is 4.39. The minimum atomic E-state index is -0.250. The van der Waals surface area contributed by atoms with Crippen LogP contribution in [0.25, 0.3) is 0 Å². The molecule has 0 aliphatic heterocycles. The quantitative estimate of drug-likeness (QED) is 0.694. The smallest absolute Gasteiger partial charge is 0.261 e. The van der Waals surface area contributed by atoms with Crippen LogP contribution in [0.4, 0.5) is 11.5 Å². The first-order valence-electron chi connectivity index (χ1n) is 6.65. The predicted octanol–water partition coefficient (Wildman–Crippen LogP) is 2.76. The van der Waals surface area contributed by atoms with E-state index in [-0.39, 0.29) is 5.91 Å². The number of benzene rings is 1. The van der Waals surface area contributed by atoms with Crippen LogP contribution in [0.2, 0.25) is 0 Å². The summed E-state index contributed by atoms with van der Waals surface area (Å²) in [5.41, 5.74) is 1.13. The molecule has 2 aromatic rings. The van der Waals surface area contributed by atoms with Crippen LogP contribution in [0.5, 0.6) is 0 Å². The van der Waals surface area contributed by atoms with Crippen molar-refractivity contribution in [1.82, 2.24) is 9.78 Å². The molecule has 6 nitrogen and oxygen atoms in total. The molecular formula is C15H18N4O2. The van der Waals surface area contributed by atoms with Gasteiger partial charge in [0.15, 0.2) is 11.7 Å². The first-order chi connectivity index (χ1) is 10.2. The van der Waals surface area contributed by atoms with Gasteiger partial charge in [-0.05, 0) is 12.1 Å². The molecule has 0 aliphatic rings. The second kappa shape index (κ2) is 6.69. The van der Waals surface area contributed by atoms with E-state index >= 15 is 0 Å². The fraction of sp³-hybridized carbons (Fsp3) is 0.267. The highest BCUT2D eigenvalue weighted by Gasteiger charge is 2.16. The molecule has 1 heterocycles. The number of para-hydroxylation sites is 1. The molecule has 0 aliphatic carbocycles. The van der Waals surface area contributed by atoms with Gasteiger partial charge >= 0.3 is 0 Å². The Bertz CT molecular complexity index is 641. The molecule has 1 aromatic carbocycles. The van der Waals surface area contributed by atoms with Crippen LogP contribution < -0.4 is 5.32 Å². The first-order valence-corrected chi connectivity index (χ1v) is 6.65. The standard InChI is InChI=1S/C15H18N4O2/c1-4-13(21-3)18-14-12(10-16-19(14)2)15(20)17-11-8-6-5-7-9-11/h5-10H,4H2,1-3H3,(H,17,20). The van der Waals surface area contributed by atoms with Crippen molar-refractivity contribution in [3.8, 4) is 0 Å². The highest BCUT2D eigenvalue weighted by Crippen LogP contribution is 2.20. The minimum Gasteiger partial charge on any atom is -0.484 e. The molecular weight excluding hydrogens is 268 g/mol. The van der Waals surface area contributed by atoms with Crippen molar-refractivity contribution < 1.29 is 9.53 Å². The maximum atomic E-state index is 12.3. The van der Waals surface area contributed by atoms with Gasteiger partial charge in [0.05, 0.1) is 13.3 Å². The van der Waals surface area contributed by atoms with E-state index < -0.39 is 0 Å². The largest absolute Gasteiger partial charge is 0.484 e. The monoisotopic (exact) mass is 286 g/mol. The van der Waals surface area contributed by atoms with Gasteiger partial charge in [0, 0.05) is 19.2 Å². The van der Waals surface area contributed by atoms with E-state index in [1.807, 2.05) is 37.3 Å². The van der Waals surface area contributed by atoms with Gasteiger partial charge in [0.2, 0.25) is 0 Å². The summed E-state index contributed by atoms with van der Waals surface area (Å²) in [6.45, 7) is 1.93. The lowest BCUT2D eigenvalue weighted by Crippen LogP contribution is -2.12. The molecule has 0 radical (unpaired) electrons. The number of aromatic nitrogens is 2. The Kier molecular flexibility index (Phi) is 4.71. The number of amides is 1. The van der Waals surface area contributed by atoms with Gasteiger partial charge < -0.3 is 10.1 Å². The summed E-state index contributed by atoms with van der Waals surface area (Å²) in [4.78, 5) is 16.7. The van der Waals surface area contributed by atoms with Gasteiger partial charge in [-0.25, -0.2) is 0 Å². The van der Waals surface area contributed by atoms with Crippen LogP contribution in [0, 0.1) is 0 Å². The summed E-state index contributed by atoms with van der Waals surface area (Å²) in [6, 6.07) is 9.26. The van der Waals surface area contributed by atoms with E-state index in [0.29, 0.717) is 23.7 Å². The molecule has 0 saturated heterocycles. The van der Waals surface area contributed by atoms with Crippen molar-refractivity contribution in [3.05, 3.63) is 42.1 Å². The average molecular weight is 286 g/mol. The van der Waals surface area contributed by atoms with E-state index in [9.17, 15) is 4.79 Å². The molecule has 0 fully saturated rings. The number of aryl methyl sites for hydroxylation is 1. The van der Waals surface area contributed by atoms with E-state index in [1.165, 1.54) is 6.20 Å². The Balaban J connectivity index is 2.28. The third-order valence-electron chi connectivity index (χ3n) is 2.95. The van der Waals surface area contributed by atoms with Gasteiger partial charge in [-0.15, -0.1) is 0 Å². The number of nitrogens with one attached hydrogen (secondary N) is 1. The number of carbonyl (C=O) groups excluding carboxylic acids is 1. The van der Waals surface area contributed by atoms with Crippen LogP contribution in [-0.4, -0.2) is 28.7 Å². The summed E-state index contributed by atoms with van der Waals surface area (Å²) in [7, 11) is 3.30. The number of rotatable bonds is 4. The van der Waals surface area contributed by atoms with Crippen molar-refractivity contribution in [2.45, 2.75) is 13.3 Å². The molecule has 2 rings (SSSR count). The third-order valence-corrected chi connectivity index (χ3v) is 2.95. The van der Waals surface area contributed by atoms with Crippen LogP contribution in [0.1, 0.15) is 23.7 Å². The zero-order valence-corrected chi connectivity index (χ0v) is 12.3. The normalized spacial score (nSPS) is 11.3. The van der Waals surface area contributed by atoms with Crippen LogP contribution in [-0.2, 0) is 11.8 Å². The lowest BCUT2D eigenvalue weighted by molar-refractivity contribution is 0.102. The van der Waals surface area contributed by atoms with Crippen LogP contribution >= 0.6 is 0 Å². The number of nitrogens with zero attached hydrogens (tertiary/aromatic N) is 3. The maximum Gasteiger partial charge on any atom is 0.261 e. The predicted molar refractivity (Wildman–Crippen MR) is 82.0 cm³/mol. The first kappa shape index (κ1) is 14.8. The topological polar surface area (TPSA) is 68.5 Å². The Labute approximate surface area is 123 Å². The summed E-state index contributed by atoms with van der Waals surface area (Å²) in [6.07, 6.45) is 2.14. The minimum absolute atomic E-state index is 0.250. The average Bonchev–Trinajstić information content (AvgIpc) is 2.86. The molecule has 0 atom stereocenters. The zero-order valence-electron chi connectivity index (χ0n) is 12.3. The van der Waals surface area contributed by atoms with Crippen molar-refractivity contribution in [1.29, 1.82) is 0 Å². The summed E-state index contributed by atoms with van der Waals surface area (Å²) >= 11 is 0. The Morgan fingerprint density at radius 2 is 2.10 bits per heavy atom. The summed E-state index contributed by atoms with van der Waals surface area (Å²) < 4.78 is 6.71. The molecule has 6 heteroatoms. The van der Waals surface area contributed by atoms with Crippen molar-refractivity contribution in [3.63, 3.8) is 0 Å². The molecule has 21 heavy (non-hydrogen) atoms. The molecule has 0 spiro atoms. The van der Waals surface area contributed by atoms with Gasteiger partial charge in [0.25, 0.3) is 5.91 Å². The third kappa shape index (κ3) is 3.47. The number of carbonyl (C=O) groups is 1. The lowest BCUT2D eigenvalue weighted by atomic mass is 10.2. The molecule has 1 N–H and O–H groups in total. The number of ether oxygens (including phenoxy) is 1. The van der Waals surface area contributed by atoms with E-state index in [1.54, 1.807) is 18.8 Å². The fourth-order valence-corrected chi connectivity index (χ4v) is 1.83. The fourth-order valence-electron chi connectivity index (χ4n) is 1.83. The Hall–Kier alpha value is -2.63. The number of hydrogen-bond acceptors (Lipinski definition) is 4. The zero-order chi connectivity index (χ0) is 15.2. The highest BCUT2D eigenvalue weighted by molar-refractivity contribution is 6.07. The maximum absolute atomic E-state index is 12.3. The number of aliphatic imine (C=N–C) groups is 1. The van der Waals surface area contributed by atoms with Gasteiger partial charge in [-0.1, -0.05) is 25.1 Å². The number of anilines is 1. The van der Waals surface area contributed by atoms with E-state index in [2.05, 4.69) is 15.4 Å². The highest BCUT2D eigenvalue weighted by atomic mass is 16.5. The SMILES string of the molecule is CCC(=Nc1c(C(=O)Nc2ccccc2)cnn1C)OC. The van der Waals surface area contributed by atoms with E-state index in [4.69, 9.17) is 4.74 Å². The van der Waals surface area contributed by atoms with Crippen molar-refractivity contribution in [2.75, 3.05) is 12.4 Å². The number of hydrogen-bond donors (Lipinski definition) is 1. The van der Waals surface area contributed by atoms with Crippen LogP contribution in [0.15, 0.2) is 41.5 Å². The molecule has 0 unspecified atom stereocenters. The van der Waals surface area contributed by atoms with Gasteiger partial charge in [-0.3, -0.25) is 9.48 Å². The van der Waals surface area contributed by atoms with E-state index in [0.717, 1.165) is 5.69 Å². The van der Waals surface area contributed by atoms with Crippen molar-refractivity contribution in [2.24, 2.45) is 12.0 Å². The Morgan fingerprint density at radius 3 is 2.71 bits per heavy atom. The summed E-state index contributed by atoms with van der Waals surface area (Å²) in [5, 5.41) is 6.91.